The zero-order valence-electron chi connectivity index (χ0n) is 13.7. The van der Waals surface area contributed by atoms with Crippen LogP contribution in [-0.4, -0.2) is 56.5 Å². The van der Waals surface area contributed by atoms with Gasteiger partial charge in [0.15, 0.2) is 0 Å². The average Bonchev–Trinajstić information content (AvgIpc) is 3.21. The minimum atomic E-state index is -3.72. The van der Waals surface area contributed by atoms with E-state index in [1.807, 2.05) is 0 Å². The molecule has 0 amide bonds. The third-order valence-corrected chi connectivity index (χ3v) is 6.96. The molecule has 5 nitrogen and oxygen atoms in total. The molecule has 3 rings (SSSR count). The first-order valence-electron chi connectivity index (χ1n) is 8.36. The normalized spacial score (nSPS) is 22.8. The summed E-state index contributed by atoms with van der Waals surface area (Å²) in [5, 5.41) is -0.142. The van der Waals surface area contributed by atoms with Crippen LogP contribution in [0, 0.1) is 0 Å². The highest BCUT2D eigenvalue weighted by atomic mass is 35.5. The molecule has 1 unspecified atom stereocenters. The lowest BCUT2D eigenvalue weighted by Crippen LogP contribution is -2.42. The van der Waals surface area contributed by atoms with E-state index >= 15 is 0 Å². The Labute approximate surface area is 151 Å². The third kappa shape index (κ3) is 4.24. The van der Waals surface area contributed by atoms with Crippen molar-refractivity contribution in [2.45, 2.75) is 43.2 Å². The number of likely N-dealkylation sites (tertiary alicyclic amines) is 1. The van der Waals surface area contributed by atoms with Gasteiger partial charge in [-0.3, -0.25) is 0 Å². The van der Waals surface area contributed by atoms with Crippen molar-refractivity contribution < 1.29 is 21.9 Å². The smallest absolute Gasteiger partial charge is 0.387 e. The van der Waals surface area contributed by atoms with Crippen molar-refractivity contribution in [3.05, 3.63) is 23.2 Å². The van der Waals surface area contributed by atoms with Crippen LogP contribution in [0.25, 0.3) is 0 Å². The largest absolute Gasteiger partial charge is 0.433 e. The van der Waals surface area contributed by atoms with Gasteiger partial charge in [0, 0.05) is 19.1 Å². The van der Waals surface area contributed by atoms with E-state index in [0.29, 0.717) is 6.54 Å². The Balaban J connectivity index is 1.78. The fourth-order valence-electron chi connectivity index (χ4n) is 3.54. The molecular formula is C16H21ClF2N2O3S. The van der Waals surface area contributed by atoms with Gasteiger partial charge in [0.1, 0.15) is 5.75 Å². The zero-order valence-corrected chi connectivity index (χ0v) is 15.3. The van der Waals surface area contributed by atoms with E-state index in [1.165, 1.54) is 22.5 Å². The van der Waals surface area contributed by atoms with Gasteiger partial charge in [0.05, 0.1) is 9.92 Å². The predicted molar refractivity (Wildman–Crippen MR) is 90.7 cm³/mol. The molecule has 0 saturated carbocycles. The molecule has 2 saturated heterocycles. The second kappa shape index (κ2) is 7.73. The van der Waals surface area contributed by atoms with Crippen LogP contribution in [0.2, 0.25) is 5.02 Å². The van der Waals surface area contributed by atoms with Crippen LogP contribution in [0.4, 0.5) is 8.78 Å². The Morgan fingerprint density at radius 2 is 1.92 bits per heavy atom. The van der Waals surface area contributed by atoms with Crippen molar-refractivity contribution in [1.82, 2.24) is 9.21 Å². The second-order valence-electron chi connectivity index (χ2n) is 6.39. The van der Waals surface area contributed by atoms with Gasteiger partial charge in [-0.15, -0.1) is 0 Å². The van der Waals surface area contributed by atoms with Gasteiger partial charge in [0.25, 0.3) is 0 Å². The number of hydrogen-bond acceptors (Lipinski definition) is 4. The Bertz CT molecular complexity index is 711. The van der Waals surface area contributed by atoms with Gasteiger partial charge in [-0.05, 0) is 57.0 Å². The summed E-state index contributed by atoms with van der Waals surface area (Å²) in [4.78, 5) is 2.30. The Morgan fingerprint density at radius 3 is 2.56 bits per heavy atom. The van der Waals surface area contributed by atoms with Crippen LogP contribution in [0.1, 0.15) is 25.7 Å². The second-order valence-corrected chi connectivity index (χ2v) is 8.69. The molecule has 0 spiro atoms. The highest BCUT2D eigenvalue weighted by Gasteiger charge is 2.36. The fraction of sp³-hybridized carbons (Fsp3) is 0.625. The van der Waals surface area contributed by atoms with E-state index in [4.69, 9.17) is 11.6 Å². The monoisotopic (exact) mass is 394 g/mol. The summed E-state index contributed by atoms with van der Waals surface area (Å²) in [6.07, 6.45) is 3.95. The minimum absolute atomic E-state index is 0.00689. The number of rotatable bonds is 6. The van der Waals surface area contributed by atoms with Crippen LogP contribution in [0.5, 0.6) is 5.75 Å². The average molecular weight is 395 g/mol. The number of ether oxygens (including phenoxy) is 1. The lowest BCUT2D eigenvalue weighted by molar-refractivity contribution is -0.0498. The van der Waals surface area contributed by atoms with Crippen LogP contribution in [0.3, 0.4) is 0 Å². The molecule has 0 bridgehead atoms. The number of halogens is 3. The van der Waals surface area contributed by atoms with Crippen LogP contribution in [-0.2, 0) is 10.0 Å². The molecule has 0 aliphatic carbocycles. The number of nitrogens with zero attached hydrogens (tertiary/aromatic N) is 2. The molecule has 0 aromatic heterocycles. The van der Waals surface area contributed by atoms with Gasteiger partial charge in [-0.1, -0.05) is 11.6 Å². The predicted octanol–water partition coefficient (Wildman–Crippen LogP) is 3.19. The molecule has 0 N–H and O–H groups in total. The first-order valence-corrected chi connectivity index (χ1v) is 10.2. The van der Waals surface area contributed by atoms with E-state index in [9.17, 15) is 17.2 Å². The van der Waals surface area contributed by atoms with Crippen molar-refractivity contribution in [3.8, 4) is 5.75 Å². The maximum atomic E-state index is 13.0. The van der Waals surface area contributed by atoms with Gasteiger partial charge in [-0.2, -0.15) is 13.1 Å². The third-order valence-electron chi connectivity index (χ3n) is 4.72. The number of hydrogen-bond donors (Lipinski definition) is 0. The Morgan fingerprint density at radius 1 is 1.20 bits per heavy atom. The minimum Gasteiger partial charge on any atom is -0.433 e. The fourth-order valence-corrected chi connectivity index (χ4v) is 5.54. The molecule has 140 valence electrons. The lowest BCUT2D eigenvalue weighted by atomic mass is 10.2. The van der Waals surface area contributed by atoms with Gasteiger partial charge in [-0.25, -0.2) is 8.42 Å². The first-order chi connectivity index (χ1) is 11.9. The van der Waals surface area contributed by atoms with Crippen molar-refractivity contribution >= 4 is 21.6 Å². The van der Waals surface area contributed by atoms with E-state index in [2.05, 4.69) is 9.64 Å². The summed E-state index contributed by atoms with van der Waals surface area (Å²) in [5.41, 5.74) is 0. The van der Waals surface area contributed by atoms with E-state index in [-0.39, 0.29) is 21.7 Å². The van der Waals surface area contributed by atoms with E-state index in [1.54, 1.807) is 0 Å². The summed E-state index contributed by atoms with van der Waals surface area (Å²) in [7, 11) is -3.72. The maximum Gasteiger partial charge on any atom is 0.387 e. The standard InChI is InChI=1S/C16H21ClF2N2O3S/c17-14-10-13(5-6-15(14)24-16(18)19)25(22,23)21-9-3-4-12(21)11-20-7-1-2-8-20/h5-6,10,12,16H,1-4,7-9,11H2. The molecule has 9 heteroatoms. The van der Waals surface area contributed by atoms with Gasteiger partial charge in [0.2, 0.25) is 10.0 Å². The van der Waals surface area contributed by atoms with Crippen LogP contribution in [0.15, 0.2) is 23.1 Å². The molecule has 1 atom stereocenters. The lowest BCUT2D eigenvalue weighted by Gasteiger charge is -2.28. The van der Waals surface area contributed by atoms with Crippen molar-refractivity contribution in [2.75, 3.05) is 26.2 Å². The van der Waals surface area contributed by atoms with Crippen LogP contribution < -0.4 is 4.74 Å². The molecule has 2 fully saturated rings. The van der Waals surface area contributed by atoms with Crippen molar-refractivity contribution in [2.24, 2.45) is 0 Å². The Hall–Kier alpha value is -0.960. The van der Waals surface area contributed by atoms with Crippen molar-refractivity contribution in [3.63, 3.8) is 0 Å². The first kappa shape index (κ1) is 18.8. The highest BCUT2D eigenvalue weighted by Crippen LogP contribution is 2.32. The molecule has 0 radical (unpaired) electrons. The van der Waals surface area contributed by atoms with Crippen LogP contribution >= 0.6 is 11.6 Å². The van der Waals surface area contributed by atoms with Gasteiger partial charge < -0.3 is 9.64 Å². The SMILES string of the molecule is O=S(=O)(c1ccc(OC(F)F)c(Cl)c1)N1CCCC1CN1CCCC1. The molecule has 1 aromatic carbocycles. The number of benzene rings is 1. The summed E-state index contributed by atoms with van der Waals surface area (Å²) in [6, 6.07) is 3.57. The molecule has 2 heterocycles. The Kier molecular flexibility index (Phi) is 5.82. The topological polar surface area (TPSA) is 49.9 Å². The molecule has 2 aliphatic rings. The number of sulfonamides is 1. The van der Waals surface area contributed by atoms with E-state index in [0.717, 1.165) is 45.3 Å². The maximum absolute atomic E-state index is 13.0. The highest BCUT2D eigenvalue weighted by molar-refractivity contribution is 7.89. The van der Waals surface area contributed by atoms with E-state index < -0.39 is 16.6 Å². The molecule has 1 aromatic rings. The molecular weight excluding hydrogens is 374 g/mol. The molecule has 2 aliphatic heterocycles. The summed E-state index contributed by atoms with van der Waals surface area (Å²) in [5.74, 6) is -0.231. The summed E-state index contributed by atoms with van der Waals surface area (Å²) in [6.45, 7) is 0.211. The summed E-state index contributed by atoms with van der Waals surface area (Å²) < 4.78 is 56.3. The van der Waals surface area contributed by atoms with Crippen molar-refractivity contribution in [1.29, 1.82) is 0 Å². The number of alkyl halides is 2. The summed E-state index contributed by atoms with van der Waals surface area (Å²) >= 11 is 5.91. The molecule has 25 heavy (non-hydrogen) atoms. The quantitative estimate of drug-likeness (QED) is 0.743. The van der Waals surface area contributed by atoms with Gasteiger partial charge >= 0.3 is 6.61 Å². The zero-order chi connectivity index (χ0) is 18.0.